The van der Waals surface area contributed by atoms with Crippen LogP contribution in [0.5, 0.6) is 0 Å². The van der Waals surface area contributed by atoms with E-state index in [0.29, 0.717) is 18.1 Å². The van der Waals surface area contributed by atoms with E-state index in [1.807, 2.05) is 19.9 Å². The molecule has 0 fully saturated rings. The van der Waals surface area contributed by atoms with Crippen LogP contribution in [0.15, 0.2) is 11.8 Å². The molecule has 72 valence electrons. The molecule has 0 spiro atoms. The molecule has 2 nitrogen and oxygen atoms in total. The Morgan fingerprint density at radius 3 is 2.42 bits per heavy atom. The summed E-state index contributed by atoms with van der Waals surface area (Å²) in [5, 5.41) is 9.43. The maximum atomic E-state index is 9.43. The van der Waals surface area contributed by atoms with E-state index >= 15 is 0 Å². The third-order valence-corrected chi connectivity index (χ3v) is 1.75. The monoisotopic (exact) mass is 172 g/mol. The lowest BCUT2D eigenvalue weighted by molar-refractivity contribution is 0.0898. The van der Waals surface area contributed by atoms with Gasteiger partial charge in [-0.05, 0) is 18.4 Å². The Balaban J connectivity index is 3.88. The molecule has 1 atom stereocenters. The summed E-state index contributed by atoms with van der Waals surface area (Å²) in [6, 6.07) is 0. The van der Waals surface area contributed by atoms with E-state index < -0.39 is 0 Å². The topological polar surface area (TPSA) is 29.5 Å². The summed E-state index contributed by atoms with van der Waals surface area (Å²) in [5.41, 5.74) is 0. The highest BCUT2D eigenvalue weighted by Gasteiger charge is 2.06. The van der Waals surface area contributed by atoms with Crippen molar-refractivity contribution in [1.82, 2.24) is 0 Å². The van der Waals surface area contributed by atoms with Crippen molar-refractivity contribution in [1.29, 1.82) is 0 Å². The highest BCUT2D eigenvalue weighted by Crippen LogP contribution is 2.10. The van der Waals surface area contributed by atoms with E-state index in [1.165, 1.54) is 0 Å². The van der Waals surface area contributed by atoms with E-state index in [9.17, 15) is 5.11 Å². The molecular formula is C10H20O2. The predicted molar refractivity (Wildman–Crippen MR) is 51.3 cm³/mol. The molecule has 0 radical (unpaired) electrons. The van der Waals surface area contributed by atoms with Gasteiger partial charge in [0.05, 0.1) is 11.9 Å². The van der Waals surface area contributed by atoms with Crippen LogP contribution in [0.1, 0.15) is 33.6 Å². The fourth-order valence-corrected chi connectivity index (χ4v) is 1.08. The van der Waals surface area contributed by atoms with Crippen molar-refractivity contribution in [3.05, 3.63) is 11.8 Å². The standard InChI is InChI=1S/C10H20O2/c1-5-10(12-4)7-9(11)6-8(2)3/h6,8,10-11H,5,7H2,1-4H3. The minimum absolute atomic E-state index is 0.153. The lowest BCUT2D eigenvalue weighted by Gasteiger charge is -2.12. The van der Waals surface area contributed by atoms with Crippen LogP contribution >= 0.6 is 0 Å². The second kappa shape index (κ2) is 6.06. The van der Waals surface area contributed by atoms with Gasteiger partial charge >= 0.3 is 0 Å². The molecule has 0 saturated carbocycles. The summed E-state index contributed by atoms with van der Waals surface area (Å²) < 4.78 is 5.15. The largest absolute Gasteiger partial charge is 0.513 e. The van der Waals surface area contributed by atoms with Crippen molar-refractivity contribution in [2.24, 2.45) is 5.92 Å². The molecule has 0 rings (SSSR count). The average Bonchev–Trinajstić information content (AvgIpc) is 1.98. The molecule has 0 aliphatic carbocycles. The number of aliphatic hydroxyl groups excluding tert-OH is 1. The highest BCUT2D eigenvalue weighted by molar-refractivity contribution is 4.94. The zero-order chi connectivity index (χ0) is 9.56. The van der Waals surface area contributed by atoms with Crippen LogP contribution in [0.3, 0.4) is 0 Å². The zero-order valence-electron chi connectivity index (χ0n) is 8.50. The molecule has 0 aromatic carbocycles. The Morgan fingerprint density at radius 2 is 2.08 bits per heavy atom. The maximum absolute atomic E-state index is 9.43. The van der Waals surface area contributed by atoms with Gasteiger partial charge in [0.25, 0.3) is 0 Å². The molecule has 0 heterocycles. The van der Waals surface area contributed by atoms with E-state index in [2.05, 4.69) is 6.92 Å². The van der Waals surface area contributed by atoms with Gasteiger partial charge in [-0.15, -0.1) is 0 Å². The molecular weight excluding hydrogens is 152 g/mol. The van der Waals surface area contributed by atoms with Gasteiger partial charge in [0.15, 0.2) is 0 Å². The summed E-state index contributed by atoms with van der Waals surface area (Å²) in [4.78, 5) is 0. The quantitative estimate of drug-likeness (QED) is 0.646. The molecule has 0 aromatic heterocycles. The summed E-state index contributed by atoms with van der Waals surface area (Å²) in [7, 11) is 1.68. The number of hydrogen-bond acceptors (Lipinski definition) is 2. The second-order valence-corrected chi connectivity index (χ2v) is 3.37. The normalized spacial score (nSPS) is 15.2. The Kier molecular flexibility index (Phi) is 5.81. The van der Waals surface area contributed by atoms with E-state index in [4.69, 9.17) is 4.74 Å². The van der Waals surface area contributed by atoms with Crippen molar-refractivity contribution >= 4 is 0 Å². The SMILES string of the molecule is CCC(CC(O)=CC(C)C)OC. The van der Waals surface area contributed by atoms with Crippen molar-refractivity contribution in [2.75, 3.05) is 7.11 Å². The van der Waals surface area contributed by atoms with Gasteiger partial charge in [-0.2, -0.15) is 0 Å². The molecule has 0 bridgehead atoms. The lowest BCUT2D eigenvalue weighted by atomic mass is 10.1. The first-order chi connectivity index (χ1) is 5.60. The molecule has 1 unspecified atom stereocenters. The lowest BCUT2D eigenvalue weighted by Crippen LogP contribution is -2.10. The van der Waals surface area contributed by atoms with Gasteiger partial charge in [-0.25, -0.2) is 0 Å². The Hall–Kier alpha value is -0.500. The van der Waals surface area contributed by atoms with Crippen molar-refractivity contribution < 1.29 is 9.84 Å². The molecule has 1 N–H and O–H groups in total. The third kappa shape index (κ3) is 5.19. The van der Waals surface area contributed by atoms with E-state index in [-0.39, 0.29) is 6.10 Å². The van der Waals surface area contributed by atoms with Gasteiger partial charge in [-0.3, -0.25) is 0 Å². The molecule has 0 aromatic rings. The minimum Gasteiger partial charge on any atom is -0.513 e. The van der Waals surface area contributed by atoms with Crippen molar-refractivity contribution in [3.8, 4) is 0 Å². The highest BCUT2D eigenvalue weighted by atomic mass is 16.5. The number of aliphatic hydroxyl groups is 1. The first-order valence-electron chi connectivity index (χ1n) is 4.52. The number of allylic oxidation sites excluding steroid dienone is 1. The average molecular weight is 172 g/mol. The minimum atomic E-state index is 0.153. The smallest absolute Gasteiger partial charge is 0.0911 e. The summed E-state index contributed by atoms with van der Waals surface area (Å²) in [6.07, 6.45) is 3.58. The van der Waals surface area contributed by atoms with Crippen LogP contribution in [0.25, 0.3) is 0 Å². The van der Waals surface area contributed by atoms with Crippen LogP contribution in [-0.4, -0.2) is 18.3 Å². The van der Waals surface area contributed by atoms with Crippen molar-refractivity contribution in [3.63, 3.8) is 0 Å². The zero-order valence-corrected chi connectivity index (χ0v) is 8.50. The summed E-state index contributed by atoms with van der Waals surface area (Å²) in [6.45, 7) is 6.14. The van der Waals surface area contributed by atoms with Gasteiger partial charge in [-0.1, -0.05) is 20.8 Å². The van der Waals surface area contributed by atoms with Crippen LogP contribution < -0.4 is 0 Å². The second-order valence-electron chi connectivity index (χ2n) is 3.37. The van der Waals surface area contributed by atoms with Gasteiger partial charge < -0.3 is 9.84 Å². The number of hydrogen-bond donors (Lipinski definition) is 1. The molecule has 0 saturated heterocycles. The van der Waals surface area contributed by atoms with E-state index in [0.717, 1.165) is 6.42 Å². The van der Waals surface area contributed by atoms with Gasteiger partial charge in [0, 0.05) is 13.5 Å². The fourth-order valence-electron chi connectivity index (χ4n) is 1.08. The maximum Gasteiger partial charge on any atom is 0.0911 e. The first kappa shape index (κ1) is 11.5. The number of methoxy groups -OCH3 is 1. The van der Waals surface area contributed by atoms with Gasteiger partial charge in [0.1, 0.15) is 0 Å². The Bertz CT molecular complexity index is 135. The Labute approximate surface area is 75.2 Å². The first-order valence-corrected chi connectivity index (χ1v) is 4.52. The fraction of sp³-hybridized carbons (Fsp3) is 0.800. The molecule has 12 heavy (non-hydrogen) atoms. The van der Waals surface area contributed by atoms with E-state index in [1.54, 1.807) is 7.11 Å². The number of ether oxygens (including phenoxy) is 1. The predicted octanol–water partition coefficient (Wildman–Crippen LogP) is 2.90. The summed E-state index contributed by atoms with van der Waals surface area (Å²) in [5.74, 6) is 0.845. The van der Waals surface area contributed by atoms with Crippen LogP contribution in [0.4, 0.5) is 0 Å². The van der Waals surface area contributed by atoms with Crippen molar-refractivity contribution in [2.45, 2.75) is 39.7 Å². The van der Waals surface area contributed by atoms with Crippen LogP contribution in [-0.2, 0) is 4.74 Å². The molecule has 0 aliphatic rings. The molecule has 0 aliphatic heterocycles. The third-order valence-electron chi connectivity index (χ3n) is 1.75. The van der Waals surface area contributed by atoms with Crippen LogP contribution in [0, 0.1) is 5.92 Å². The van der Waals surface area contributed by atoms with Gasteiger partial charge in [0.2, 0.25) is 0 Å². The number of rotatable bonds is 5. The Morgan fingerprint density at radius 1 is 1.50 bits per heavy atom. The summed E-state index contributed by atoms with van der Waals surface area (Å²) >= 11 is 0. The molecule has 2 heteroatoms. The molecule has 0 amide bonds. The van der Waals surface area contributed by atoms with Crippen LogP contribution in [0.2, 0.25) is 0 Å².